The lowest BCUT2D eigenvalue weighted by Gasteiger charge is -2.02. The summed E-state index contributed by atoms with van der Waals surface area (Å²) in [4.78, 5) is 0. The lowest BCUT2D eigenvalue weighted by Crippen LogP contribution is -2.30. The highest BCUT2D eigenvalue weighted by atomic mass is 35.5. The minimum atomic E-state index is 0.817. The topological polar surface area (TPSA) is 3.88 Å². The number of nitrogens with zero attached hydrogens (tertiary/aromatic N) is 1. The SMILES string of the molecule is CCCCCCCCCCCCSC[n+]1cccc(Cl)c1. The van der Waals surface area contributed by atoms with Crippen LogP contribution >= 0.6 is 23.4 Å². The molecule has 1 rings (SSSR count). The molecule has 1 aromatic rings. The lowest BCUT2D eigenvalue weighted by molar-refractivity contribution is -0.675. The van der Waals surface area contributed by atoms with Gasteiger partial charge in [-0.25, -0.2) is 0 Å². The van der Waals surface area contributed by atoms with Crippen LogP contribution in [-0.2, 0) is 5.88 Å². The van der Waals surface area contributed by atoms with Crippen LogP contribution in [0.15, 0.2) is 24.5 Å². The van der Waals surface area contributed by atoms with Crippen LogP contribution in [0.1, 0.15) is 71.1 Å². The molecule has 0 spiro atoms. The molecule has 120 valence electrons. The van der Waals surface area contributed by atoms with E-state index in [2.05, 4.69) is 17.7 Å². The van der Waals surface area contributed by atoms with E-state index in [-0.39, 0.29) is 0 Å². The van der Waals surface area contributed by atoms with Crippen molar-refractivity contribution < 1.29 is 4.57 Å². The van der Waals surface area contributed by atoms with Gasteiger partial charge in [0.2, 0.25) is 0 Å². The Bertz CT molecular complexity index is 357. The van der Waals surface area contributed by atoms with E-state index in [4.69, 9.17) is 11.6 Å². The number of hydrogen-bond donors (Lipinski definition) is 0. The Morgan fingerprint density at radius 3 is 2.19 bits per heavy atom. The molecule has 0 aromatic carbocycles. The van der Waals surface area contributed by atoms with E-state index in [0.717, 1.165) is 10.9 Å². The maximum absolute atomic E-state index is 5.97. The van der Waals surface area contributed by atoms with Gasteiger partial charge in [0.25, 0.3) is 0 Å². The lowest BCUT2D eigenvalue weighted by atomic mass is 10.1. The monoisotopic (exact) mass is 328 g/mol. The van der Waals surface area contributed by atoms with E-state index in [1.54, 1.807) is 0 Å². The van der Waals surface area contributed by atoms with Gasteiger partial charge in [-0.2, -0.15) is 4.57 Å². The quantitative estimate of drug-likeness (QED) is 0.306. The van der Waals surface area contributed by atoms with Crippen molar-refractivity contribution in [3.05, 3.63) is 29.5 Å². The van der Waals surface area contributed by atoms with Gasteiger partial charge in [-0.15, -0.1) is 0 Å². The number of aromatic nitrogens is 1. The van der Waals surface area contributed by atoms with Gasteiger partial charge in [-0.3, -0.25) is 0 Å². The highest BCUT2D eigenvalue weighted by Crippen LogP contribution is 2.12. The second-order valence-corrected chi connectivity index (χ2v) is 7.27. The first-order chi connectivity index (χ1) is 10.3. The fourth-order valence-corrected chi connectivity index (χ4v) is 3.54. The van der Waals surface area contributed by atoms with E-state index < -0.39 is 0 Å². The zero-order valence-corrected chi connectivity index (χ0v) is 15.1. The Morgan fingerprint density at radius 2 is 1.57 bits per heavy atom. The van der Waals surface area contributed by atoms with Gasteiger partial charge in [0, 0.05) is 6.07 Å². The standard InChI is InChI=1S/C18H31ClNS/c1-2-3-4-5-6-7-8-9-10-11-15-21-17-20-14-12-13-18(19)16-20/h12-14,16H,2-11,15,17H2,1H3/q+1. The predicted molar refractivity (Wildman–Crippen MR) is 95.9 cm³/mol. The largest absolute Gasteiger partial charge is 0.194 e. The van der Waals surface area contributed by atoms with Crippen molar-refractivity contribution in [2.24, 2.45) is 0 Å². The normalized spacial score (nSPS) is 11.0. The van der Waals surface area contributed by atoms with E-state index in [0.29, 0.717) is 0 Å². The predicted octanol–water partition coefficient (Wildman–Crippen LogP) is 6.24. The van der Waals surface area contributed by atoms with Crippen molar-refractivity contribution in [3.8, 4) is 0 Å². The van der Waals surface area contributed by atoms with Crippen LogP contribution in [0.5, 0.6) is 0 Å². The van der Waals surface area contributed by atoms with E-state index in [1.807, 2.05) is 30.1 Å². The Balaban J connectivity index is 1.82. The molecule has 3 heteroatoms. The number of rotatable bonds is 13. The van der Waals surface area contributed by atoms with Crippen molar-refractivity contribution in [1.82, 2.24) is 0 Å². The van der Waals surface area contributed by atoms with E-state index in [9.17, 15) is 0 Å². The van der Waals surface area contributed by atoms with Crippen molar-refractivity contribution in [1.29, 1.82) is 0 Å². The number of pyridine rings is 1. The maximum Gasteiger partial charge on any atom is 0.194 e. The Kier molecular flexibility index (Phi) is 12.1. The number of hydrogen-bond acceptors (Lipinski definition) is 1. The molecule has 21 heavy (non-hydrogen) atoms. The highest BCUT2D eigenvalue weighted by Gasteiger charge is 2.01. The van der Waals surface area contributed by atoms with Crippen molar-refractivity contribution >= 4 is 23.4 Å². The molecule has 1 aromatic heterocycles. The molecule has 0 unspecified atom stereocenters. The second-order valence-electron chi connectivity index (χ2n) is 5.76. The van der Waals surface area contributed by atoms with E-state index >= 15 is 0 Å². The van der Waals surface area contributed by atoms with Gasteiger partial charge < -0.3 is 0 Å². The average Bonchev–Trinajstić information content (AvgIpc) is 2.48. The molecule has 0 fully saturated rings. The van der Waals surface area contributed by atoms with Crippen molar-refractivity contribution in [2.45, 2.75) is 77.0 Å². The van der Waals surface area contributed by atoms with Gasteiger partial charge in [-0.1, -0.05) is 88.1 Å². The summed E-state index contributed by atoms with van der Waals surface area (Å²) in [6.07, 6.45) is 18.2. The van der Waals surface area contributed by atoms with Crippen LogP contribution in [-0.4, -0.2) is 5.75 Å². The van der Waals surface area contributed by atoms with Gasteiger partial charge in [0.15, 0.2) is 18.3 Å². The van der Waals surface area contributed by atoms with Crippen LogP contribution in [0.2, 0.25) is 5.02 Å². The van der Waals surface area contributed by atoms with Gasteiger partial charge in [0.1, 0.15) is 5.02 Å². The number of unbranched alkanes of at least 4 members (excludes halogenated alkanes) is 9. The zero-order chi connectivity index (χ0) is 15.2. The Morgan fingerprint density at radius 1 is 0.952 bits per heavy atom. The molecule has 0 aliphatic carbocycles. The van der Waals surface area contributed by atoms with Gasteiger partial charge in [-0.05, 0) is 18.2 Å². The Hall–Kier alpha value is -0.210. The molecular formula is C18H31ClNS+. The summed E-state index contributed by atoms with van der Waals surface area (Å²) in [7, 11) is 0. The molecule has 0 radical (unpaired) electrons. The summed E-state index contributed by atoms with van der Waals surface area (Å²) < 4.78 is 2.16. The number of halogens is 1. The molecule has 1 heterocycles. The summed E-state index contributed by atoms with van der Waals surface area (Å²) in [6, 6.07) is 3.92. The van der Waals surface area contributed by atoms with E-state index in [1.165, 1.54) is 70.0 Å². The average molecular weight is 329 g/mol. The molecule has 0 atom stereocenters. The molecule has 0 saturated carbocycles. The van der Waals surface area contributed by atoms with Crippen LogP contribution in [0, 0.1) is 0 Å². The minimum absolute atomic E-state index is 0.817. The van der Waals surface area contributed by atoms with Crippen molar-refractivity contribution in [3.63, 3.8) is 0 Å². The fraction of sp³-hybridized carbons (Fsp3) is 0.722. The first-order valence-electron chi connectivity index (χ1n) is 8.55. The molecule has 0 saturated heterocycles. The van der Waals surface area contributed by atoms with Crippen LogP contribution in [0.3, 0.4) is 0 Å². The summed E-state index contributed by atoms with van der Waals surface area (Å²) in [5.41, 5.74) is 0. The van der Waals surface area contributed by atoms with Crippen molar-refractivity contribution in [2.75, 3.05) is 5.75 Å². The minimum Gasteiger partial charge on any atom is -0.194 e. The van der Waals surface area contributed by atoms with Crippen LogP contribution in [0.4, 0.5) is 0 Å². The molecule has 0 amide bonds. The Labute approximate surface area is 140 Å². The molecule has 0 aliphatic rings. The van der Waals surface area contributed by atoms with Gasteiger partial charge in [0.05, 0.1) is 0 Å². The van der Waals surface area contributed by atoms with Gasteiger partial charge >= 0.3 is 0 Å². The highest BCUT2D eigenvalue weighted by molar-refractivity contribution is 7.98. The smallest absolute Gasteiger partial charge is 0.194 e. The third-order valence-corrected chi connectivity index (χ3v) is 4.99. The summed E-state index contributed by atoms with van der Waals surface area (Å²) in [5, 5.41) is 0.817. The maximum atomic E-state index is 5.97. The summed E-state index contributed by atoms with van der Waals surface area (Å²) in [6.45, 7) is 2.28. The molecule has 0 N–H and O–H groups in total. The van der Waals surface area contributed by atoms with Crippen LogP contribution < -0.4 is 4.57 Å². The second kappa shape index (κ2) is 13.5. The third kappa shape index (κ3) is 11.1. The van der Waals surface area contributed by atoms with Crippen LogP contribution in [0.25, 0.3) is 0 Å². The summed E-state index contributed by atoms with van der Waals surface area (Å²) >= 11 is 7.96. The molecule has 0 bridgehead atoms. The first kappa shape index (κ1) is 18.8. The summed E-state index contributed by atoms with van der Waals surface area (Å²) in [5.74, 6) is 2.27. The zero-order valence-electron chi connectivity index (χ0n) is 13.5. The third-order valence-electron chi connectivity index (χ3n) is 3.70. The molecular weight excluding hydrogens is 298 g/mol. The number of thioether (sulfide) groups is 1. The molecule has 0 aliphatic heterocycles. The fourth-order valence-electron chi connectivity index (χ4n) is 2.43. The molecule has 1 nitrogen and oxygen atoms in total. The first-order valence-corrected chi connectivity index (χ1v) is 10.1.